The van der Waals surface area contributed by atoms with Gasteiger partial charge in [-0.15, -0.1) is 0 Å². The molecule has 0 spiro atoms. The summed E-state index contributed by atoms with van der Waals surface area (Å²) in [6, 6.07) is 21.4. The van der Waals surface area contributed by atoms with E-state index < -0.39 is 0 Å². The second-order valence-corrected chi connectivity index (χ2v) is 7.20. The Hall–Kier alpha value is -3.41. The summed E-state index contributed by atoms with van der Waals surface area (Å²) in [7, 11) is 0. The average molecular weight is 388 g/mol. The molecule has 1 saturated carbocycles. The Kier molecular flexibility index (Phi) is 5.42. The minimum absolute atomic E-state index is 0.0481. The summed E-state index contributed by atoms with van der Waals surface area (Å²) in [6.45, 7) is 2.47. The van der Waals surface area contributed by atoms with Crippen molar-refractivity contribution in [1.82, 2.24) is 14.7 Å². The first-order valence-electron chi connectivity index (χ1n) is 9.95. The van der Waals surface area contributed by atoms with Gasteiger partial charge in [0.1, 0.15) is 5.82 Å². The van der Waals surface area contributed by atoms with Gasteiger partial charge in [0.25, 0.3) is 0 Å². The molecule has 1 aliphatic rings. The van der Waals surface area contributed by atoms with Crippen LogP contribution in [0.2, 0.25) is 0 Å². The molecule has 1 fully saturated rings. The third-order valence-corrected chi connectivity index (χ3v) is 5.00. The van der Waals surface area contributed by atoms with E-state index in [1.165, 1.54) is 0 Å². The fourth-order valence-corrected chi connectivity index (χ4v) is 3.28. The van der Waals surface area contributed by atoms with E-state index in [0.717, 1.165) is 29.8 Å². The quantitative estimate of drug-likeness (QED) is 0.670. The Labute approximate surface area is 170 Å². The maximum atomic E-state index is 12.7. The first kappa shape index (κ1) is 18.9. The smallest absolute Gasteiger partial charge is 0.245 e. The van der Waals surface area contributed by atoms with Gasteiger partial charge in [0, 0.05) is 24.1 Å². The Bertz CT molecular complexity index is 994. The highest BCUT2D eigenvalue weighted by atomic mass is 16.2. The molecule has 1 N–H and O–H groups in total. The molecule has 2 aromatic carbocycles. The molecular formula is C23H24N4O2. The second-order valence-electron chi connectivity index (χ2n) is 7.20. The van der Waals surface area contributed by atoms with Crippen LogP contribution in [0.4, 0.5) is 5.82 Å². The number of nitrogens with one attached hydrogen (secondary N) is 1. The molecule has 6 nitrogen and oxygen atoms in total. The Morgan fingerprint density at radius 3 is 2.34 bits per heavy atom. The first-order chi connectivity index (χ1) is 14.2. The SMILES string of the molecule is CCN(CC(=O)Nc1cc(-c2ccccc2)nn1-c1ccccc1)C(=O)C1CC1. The van der Waals surface area contributed by atoms with Crippen LogP contribution in [0.15, 0.2) is 66.7 Å². The van der Waals surface area contributed by atoms with E-state index in [1.807, 2.05) is 73.7 Å². The zero-order valence-corrected chi connectivity index (χ0v) is 16.4. The fourth-order valence-electron chi connectivity index (χ4n) is 3.28. The molecule has 1 aromatic heterocycles. The summed E-state index contributed by atoms with van der Waals surface area (Å²) < 4.78 is 1.72. The fraction of sp³-hybridized carbons (Fsp3) is 0.261. The van der Waals surface area contributed by atoms with Gasteiger partial charge in [-0.05, 0) is 31.9 Å². The summed E-state index contributed by atoms with van der Waals surface area (Å²) in [5.41, 5.74) is 2.59. The van der Waals surface area contributed by atoms with Crippen LogP contribution in [-0.2, 0) is 9.59 Å². The van der Waals surface area contributed by atoms with Crippen molar-refractivity contribution in [2.24, 2.45) is 5.92 Å². The molecule has 3 aromatic rings. The number of amides is 2. The predicted molar refractivity (Wildman–Crippen MR) is 113 cm³/mol. The topological polar surface area (TPSA) is 67.2 Å². The van der Waals surface area contributed by atoms with Crippen LogP contribution in [0, 0.1) is 5.92 Å². The summed E-state index contributed by atoms with van der Waals surface area (Å²) in [5, 5.41) is 7.64. The zero-order valence-electron chi connectivity index (χ0n) is 16.4. The van der Waals surface area contributed by atoms with Crippen LogP contribution in [0.25, 0.3) is 16.9 Å². The van der Waals surface area contributed by atoms with Crippen molar-refractivity contribution in [2.45, 2.75) is 19.8 Å². The molecule has 29 heavy (non-hydrogen) atoms. The first-order valence-corrected chi connectivity index (χ1v) is 9.95. The summed E-state index contributed by atoms with van der Waals surface area (Å²) in [5.74, 6) is 0.527. The maximum absolute atomic E-state index is 12.7. The molecule has 0 unspecified atom stereocenters. The minimum atomic E-state index is -0.224. The van der Waals surface area contributed by atoms with Gasteiger partial charge in [0.2, 0.25) is 11.8 Å². The van der Waals surface area contributed by atoms with Gasteiger partial charge in [-0.1, -0.05) is 48.5 Å². The molecule has 1 aliphatic carbocycles. The molecule has 0 radical (unpaired) electrons. The van der Waals surface area contributed by atoms with E-state index >= 15 is 0 Å². The Morgan fingerprint density at radius 1 is 1.07 bits per heavy atom. The van der Waals surface area contributed by atoms with E-state index in [2.05, 4.69) is 5.32 Å². The predicted octanol–water partition coefficient (Wildman–Crippen LogP) is 3.74. The van der Waals surface area contributed by atoms with Gasteiger partial charge in [0.05, 0.1) is 17.9 Å². The van der Waals surface area contributed by atoms with Crippen molar-refractivity contribution in [3.8, 4) is 16.9 Å². The van der Waals surface area contributed by atoms with Crippen molar-refractivity contribution < 1.29 is 9.59 Å². The highest BCUT2D eigenvalue weighted by Crippen LogP contribution is 2.31. The van der Waals surface area contributed by atoms with E-state index in [-0.39, 0.29) is 24.3 Å². The van der Waals surface area contributed by atoms with Gasteiger partial charge in [-0.3, -0.25) is 9.59 Å². The van der Waals surface area contributed by atoms with Crippen molar-refractivity contribution >= 4 is 17.6 Å². The Morgan fingerprint density at radius 2 is 1.72 bits per heavy atom. The summed E-state index contributed by atoms with van der Waals surface area (Å²) in [6.07, 6.45) is 1.86. The molecule has 148 valence electrons. The van der Waals surface area contributed by atoms with E-state index in [4.69, 9.17) is 5.10 Å². The molecule has 0 bridgehead atoms. The van der Waals surface area contributed by atoms with Gasteiger partial charge in [0.15, 0.2) is 0 Å². The Balaban J connectivity index is 1.59. The number of carbonyl (C=O) groups is 2. The number of rotatable bonds is 7. The molecule has 0 atom stereocenters. The number of carbonyl (C=O) groups excluding carboxylic acids is 2. The van der Waals surface area contributed by atoms with Crippen molar-refractivity contribution in [2.75, 3.05) is 18.4 Å². The number of anilines is 1. The zero-order chi connectivity index (χ0) is 20.2. The largest absolute Gasteiger partial charge is 0.333 e. The lowest BCUT2D eigenvalue weighted by atomic mass is 10.1. The maximum Gasteiger partial charge on any atom is 0.245 e. The molecule has 0 saturated heterocycles. The lowest BCUT2D eigenvalue weighted by Crippen LogP contribution is -2.38. The molecular weight excluding hydrogens is 364 g/mol. The molecule has 4 rings (SSSR count). The monoisotopic (exact) mass is 388 g/mol. The van der Waals surface area contributed by atoms with Crippen LogP contribution in [0.1, 0.15) is 19.8 Å². The highest BCUT2D eigenvalue weighted by molar-refractivity contribution is 5.95. The third kappa shape index (κ3) is 4.37. The number of benzene rings is 2. The number of hydrogen-bond donors (Lipinski definition) is 1. The number of nitrogens with zero attached hydrogens (tertiary/aromatic N) is 3. The van der Waals surface area contributed by atoms with Crippen LogP contribution >= 0.6 is 0 Å². The summed E-state index contributed by atoms with van der Waals surface area (Å²) >= 11 is 0. The van der Waals surface area contributed by atoms with Gasteiger partial charge in [-0.2, -0.15) is 5.10 Å². The van der Waals surface area contributed by atoms with Crippen LogP contribution in [-0.4, -0.2) is 39.6 Å². The number of para-hydroxylation sites is 1. The molecule has 1 heterocycles. The molecule has 0 aliphatic heterocycles. The van der Waals surface area contributed by atoms with Gasteiger partial charge in [-0.25, -0.2) is 4.68 Å². The van der Waals surface area contributed by atoms with Gasteiger partial charge < -0.3 is 10.2 Å². The van der Waals surface area contributed by atoms with Crippen LogP contribution in [0.5, 0.6) is 0 Å². The van der Waals surface area contributed by atoms with Crippen molar-refractivity contribution in [1.29, 1.82) is 0 Å². The van der Waals surface area contributed by atoms with Gasteiger partial charge >= 0.3 is 0 Å². The second kappa shape index (κ2) is 8.31. The number of likely N-dealkylation sites (N-methyl/N-ethyl adjacent to an activating group) is 1. The van der Waals surface area contributed by atoms with E-state index in [0.29, 0.717) is 12.4 Å². The van der Waals surface area contributed by atoms with Crippen LogP contribution in [0.3, 0.4) is 0 Å². The lowest BCUT2D eigenvalue weighted by Gasteiger charge is -2.20. The van der Waals surface area contributed by atoms with Crippen molar-refractivity contribution in [3.05, 3.63) is 66.7 Å². The van der Waals surface area contributed by atoms with E-state index in [1.54, 1.807) is 9.58 Å². The van der Waals surface area contributed by atoms with Crippen molar-refractivity contribution in [3.63, 3.8) is 0 Å². The average Bonchev–Trinajstić information content (AvgIpc) is 3.53. The summed E-state index contributed by atoms with van der Waals surface area (Å²) in [4.78, 5) is 26.7. The molecule has 2 amide bonds. The third-order valence-electron chi connectivity index (χ3n) is 5.00. The standard InChI is InChI=1S/C23H24N4O2/c1-2-26(23(29)18-13-14-18)16-22(28)24-21-15-20(17-9-5-3-6-10-17)25-27(21)19-11-7-4-8-12-19/h3-12,15,18H,2,13-14,16H2,1H3,(H,24,28). The number of hydrogen-bond acceptors (Lipinski definition) is 3. The molecule has 6 heteroatoms. The number of aromatic nitrogens is 2. The lowest BCUT2D eigenvalue weighted by molar-refractivity contribution is -0.135. The van der Waals surface area contributed by atoms with E-state index in [9.17, 15) is 9.59 Å². The minimum Gasteiger partial charge on any atom is -0.333 e. The van der Waals surface area contributed by atoms with Crippen LogP contribution < -0.4 is 5.32 Å². The normalized spacial score (nSPS) is 13.1. The highest BCUT2D eigenvalue weighted by Gasteiger charge is 2.33.